The highest BCUT2D eigenvalue weighted by Crippen LogP contribution is 2.48. The molecule has 2 heterocycles. The Morgan fingerprint density at radius 2 is 1.97 bits per heavy atom. The van der Waals surface area contributed by atoms with Gasteiger partial charge in [-0.05, 0) is 80.9 Å². The molecule has 1 amide bonds. The average Bonchev–Trinajstić information content (AvgIpc) is 2.86. The van der Waals surface area contributed by atoms with Crippen LogP contribution in [0.5, 0.6) is 5.75 Å². The van der Waals surface area contributed by atoms with Crippen LogP contribution >= 0.6 is 0 Å². The van der Waals surface area contributed by atoms with Crippen LogP contribution in [0.1, 0.15) is 37.7 Å². The molecule has 0 unspecified atom stereocenters. The van der Waals surface area contributed by atoms with Crippen LogP contribution in [0, 0.1) is 18.2 Å². The minimum atomic E-state index is -0.265. The summed E-state index contributed by atoms with van der Waals surface area (Å²) in [5, 5.41) is 6.86. The van der Waals surface area contributed by atoms with Crippen LogP contribution in [0.25, 0.3) is 10.9 Å². The third kappa shape index (κ3) is 5.18. The third-order valence-corrected chi connectivity index (χ3v) is 7.60. The number of rotatable bonds is 7. The van der Waals surface area contributed by atoms with E-state index >= 15 is 0 Å². The number of likely N-dealkylation sites (tertiary alicyclic amines) is 1. The number of carbonyl (C=O) groups is 1. The van der Waals surface area contributed by atoms with Gasteiger partial charge in [0.2, 0.25) is 5.91 Å². The van der Waals surface area contributed by atoms with E-state index in [0.717, 1.165) is 19.6 Å². The lowest BCUT2D eigenvalue weighted by molar-refractivity contribution is -0.111. The number of nitrogens with one attached hydrogen (secondary N) is 2. The molecule has 1 saturated heterocycles. The number of carbonyl (C=O) groups excluding carboxylic acids is 1. The largest absolute Gasteiger partial charge is 0.494 e. The van der Waals surface area contributed by atoms with Gasteiger partial charge in [-0.1, -0.05) is 12.5 Å². The highest BCUT2D eigenvalue weighted by atomic mass is 19.1. The number of aryl methyl sites for hydroxylation is 1. The molecule has 1 saturated carbocycles. The van der Waals surface area contributed by atoms with Gasteiger partial charge in [-0.3, -0.25) is 9.69 Å². The monoisotopic (exact) mass is 489 g/mol. The number of halogens is 1. The lowest BCUT2D eigenvalue weighted by Crippen LogP contribution is -2.43. The number of nitrogens with zero attached hydrogens (tertiary/aromatic N) is 3. The Morgan fingerprint density at radius 1 is 1.17 bits per heavy atom. The second-order valence-electron chi connectivity index (χ2n) is 9.93. The fourth-order valence-electron chi connectivity index (χ4n) is 5.18. The molecule has 1 aromatic heterocycles. The molecule has 7 nitrogen and oxygen atoms in total. The molecular formula is C28H32FN5O2. The van der Waals surface area contributed by atoms with Crippen molar-refractivity contribution in [3.8, 4) is 5.75 Å². The SMILES string of the molecule is COc1cc2ncnc(Nc3ccc(F)c(C)c3)c2cc1NC(=O)/C=C/CN1CCC2(CCC2)CC1. The Morgan fingerprint density at radius 3 is 2.67 bits per heavy atom. The number of amides is 1. The highest BCUT2D eigenvalue weighted by Gasteiger charge is 2.39. The first-order chi connectivity index (χ1) is 17.4. The molecule has 0 atom stereocenters. The minimum Gasteiger partial charge on any atom is -0.494 e. The van der Waals surface area contributed by atoms with E-state index in [9.17, 15) is 9.18 Å². The van der Waals surface area contributed by atoms with Crippen molar-refractivity contribution in [3.63, 3.8) is 0 Å². The zero-order chi connectivity index (χ0) is 25.1. The van der Waals surface area contributed by atoms with Gasteiger partial charge < -0.3 is 15.4 Å². The minimum absolute atomic E-state index is 0.222. The summed E-state index contributed by atoms with van der Waals surface area (Å²) < 4.78 is 19.2. The molecule has 1 spiro atoms. The van der Waals surface area contributed by atoms with Crippen molar-refractivity contribution >= 4 is 34.0 Å². The lowest BCUT2D eigenvalue weighted by atomic mass is 9.63. The van der Waals surface area contributed by atoms with Gasteiger partial charge in [-0.2, -0.15) is 0 Å². The van der Waals surface area contributed by atoms with E-state index < -0.39 is 0 Å². The summed E-state index contributed by atoms with van der Waals surface area (Å²) in [5.41, 5.74) is 3.05. The average molecular weight is 490 g/mol. The van der Waals surface area contributed by atoms with Crippen molar-refractivity contribution in [2.45, 2.75) is 39.0 Å². The summed E-state index contributed by atoms with van der Waals surface area (Å²) in [6.07, 6.45) is 11.7. The first kappa shape index (κ1) is 24.2. The van der Waals surface area contributed by atoms with Gasteiger partial charge in [-0.25, -0.2) is 14.4 Å². The highest BCUT2D eigenvalue weighted by molar-refractivity contribution is 6.03. The number of hydrogen-bond donors (Lipinski definition) is 2. The molecule has 2 aromatic carbocycles. The second-order valence-corrected chi connectivity index (χ2v) is 9.93. The Hall–Kier alpha value is -3.52. The molecule has 5 rings (SSSR count). The number of methoxy groups -OCH3 is 1. The maximum Gasteiger partial charge on any atom is 0.248 e. The maximum atomic E-state index is 13.7. The van der Waals surface area contributed by atoms with E-state index in [1.165, 1.54) is 44.5 Å². The fourth-order valence-corrected chi connectivity index (χ4v) is 5.18. The van der Waals surface area contributed by atoms with Crippen molar-refractivity contribution < 1.29 is 13.9 Å². The first-order valence-corrected chi connectivity index (χ1v) is 12.5. The number of piperidine rings is 1. The number of fused-ring (bicyclic) bond motifs is 1. The number of ether oxygens (including phenoxy) is 1. The van der Waals surface area contributed by atoms with E-state index in [-0.39, 0.29) is 11.7 Å². The third-order valence-electron chi connectivity index (χ3n) is 7.60. The Balaban J connectivity index is 1.28. The lowest BCUT2D eigenvalue weighted by Gasteiger charge is -2.47. The van der Waals surface area contributed by atoms with Crippen LogP contribution in [0.4, 0.5) is 21.6 Å². The van der Waals surface area contributed by atoms with Crippen molar-refractivity contribution in [2.24, 2.45) is 5.41 Å². The standard InChI is InChI=1S/C28H32FN5O2/c1-19-15-20(6-7-22(19)29)32-27-21-16-24(25(36-2)17-23(21)30-18-31-27)33-26(35)5-3-12-34-13-10-28(11-14-34)8-4-9-28/h3,5-7,15-18H,4,8-14H2,1-2H3,(H,33,35)(H,30,31,32)/b5-3+. The Labute approximate surface area is 210 Å². The maximum absolute atomic E-state index is 13.7. The van der Waals surface area contributed by atoms with Crippen molar-refractivity contribution in [3.05, 3.63) is 60.2 Å². The second kappa shape index (κ2) is 10.2. The molecule has 36 heavy (non-hydrogen) atoms. The van der Waals surface area contributed by atoms with Gasteiger partial charge >= 0.3 is 0 Å². The normalized spacial score (nSPS) is 17.3. The van der Waals surface area contributed by atoms with Crippen LogP contribution in [-0.2, 0) is 4.79 Å². The quantitative estimate of drug-likeness (QED) is 0.421. The molecular weight excluding hydrogens is 457 g/mol. The predicted molar refractivity (Wildman–Crippen MR) is 140 cm³/mol. The zero-order valence-electron chi connectivity index (χ0n) is 20.8. The summed E-state index contributed by atoms with van der Waals surface area (Å²) >= 11 is 0. The van der Waals surface area contributed by atoms with Crippen molar-refractivity contribution in [2.75, 3.05) is 37.4 Å². The van der Waals surface area contributed by atoms with Gasteiger partial charge in [0.1, 0.15) is 23.7 Å². The van der Waals surface area contributed by atoms with Gasteiger partial charge in [0.15, 0.2) is 0 Å². The molecule has 1 aliphatic heterocycles. The molecule has 188 valence electrons. The van der Waals surface area contributed by atoms with E-state index in [1.54, 1.807) is 44.4 Å². The molecule has 0 bridgehead atoms. The summed E-state index contributed by atoms with van der Waals surface area (Å²) in [7, 11) is 1.56. The summed E-state index contributed by atoms with van der Waals surface area (Å²) in [6, 6.07) is 8.34. The summed E-state index contributed by atoms with van der Waals surface area (Å²) in [5.74, 6) is 0.571. The van der Waals surface area contributed by atoms with Crippen molar-refractivity contribution in [1.82, 2.24) is 14.9 Å². The van der Waals surface area contributed by atoms with Gasteiger partial charge in [0.25, 0.3) is 0 Å². The molecule has 0 radical (unpaired) electrons. The predicted octanol–water partition coefficient (Wildman–Crippen LogP) is 5.59. The van der Waals surface area contributed by atoms with Gasteiger partial charge in [-0.15, -0.1) is 0 Å². The zero-order valence-corrected chi connectivity index (χ0v) is 20.8. The van der Waals surface area contributed by atoms with Crippen LogP contribution in [0.2, 0.25) is 0 Å². The van der Waals surface area contributed by atoms with E-state index in [4.69, 9.17) is 4.74 Å². The number of anilines is 3. The Bertz CT molecular complexity index is 1290. The topological polar surface area (TPSA) is 79.4 Å². The fraction of sp³-hybridized carbons (Fsp3) is 0.393. The number of aromatic nitrogens is 2. The molecule has 8 heteroatoms. The molecule has 3 aromatic rings. The first-order valence-electron chi connectivity index (χ1n) is 12.5. The summed E-state index contributed by atoms with van der Waals surface area (Å²) in [4.78, 5) is 23.8. The Kier molecular flexibility index (Phi) is 6.87. The number of hydrogen-bond acceptors (Lipinski definition) is 6. The molecule has 1 aliphatic carbocycles. The number of benzene rings is 2. The van der Waals surface area contributed by atoms with Crippen LogP contribution < -0.4 is 15.4 Å². The van der Waals surface area contributed by atoms with Gasteiger partial charge in [0, 0.05) is 29.8 Å². The summed E-state index contributed by atoms with van der Waals surface area (Å²) in [6.45, 7) is 4.69. The van der Waals surface area contributed by atoms with E-state index in [1.807, 2.05) is 6.08 Å². The van der Waals surface area contributed by atoms with Crippen molar-refractivity contribution in [1.29, 1.82) is 0 Å². The van der Waals surface area contributed by atoms with Crippen LogP contribution in [0.15, 0.2) is 48.8 Å². The van der Waals surface area contributed by atoms with Crippen LogP contribution in [0.3, 0.4) is 0 Å². The van der Waals surface area contributed by atoms with E-state index in [2.05, 4.69) is 25.5 Å². The molecule has 2 aliphatic rings. The smallest absolute Gasteiger partial charge is 0.248 e. The van der Waals surface area contributed by atoms with Crippen LogP contribution in [-0.4, -0.2) is 47.5 Å². The molecule has 2 N–H and O–H groups in total. The van der Waals surface area contributed by atoms with E-state index in [0.29, 0.717) is 44.8 Å². The molecule has 2 fully saturated rings. The van der Waals surface area contributed by atoms with Gasteiger partial charge in [0.05, 0.1) is 18.3 Å².